The zero-order valence-electron chi connectivity index (χ0n) is 15.1. The number of methoxy groups -OCH3 is 1. The number of hydrogen-bond acceptors (Lipinski definition) is 4. The molecule has 0 saturated heterocycles. The van der Waals surface area contributed by atoms with Gasteiger partial charge in [-0.2, -0.15) is 5.26 Å². The van der Waals surface area contributed by atoms with Crippen molar-refractivity contribution in [2.45, 2.75) is 0 Å². The minimum Gasteiger partial charge on any atom is -0.495 e. The number of nitrogens with zero attached hydrogens (tertiary/aromatic N) is 1. The standard InChI is InChI=1S/C22H17N3O3/c1-28-20-12-5-4-11-19(20)25-22(27)17-9-2-3-10-18(17)24-21(26)16-8-6-7-15(13-16)14-23/h2-13H,1H3,(H,24,26)(H,25,27). The fraction of sp³-hybridized carbons (Fsp3) is 0.0455. The lowest BCUT2D eigenvalue weighted by molar-refractivity contribution is 0.102. The predicted octanol–water partition coefficient (Wildman–Crippen LogP) is 4.07. The fourth-order valence-electron chi connectivity index (χ4n) is 2.65. The third-order valence-electron chi connectivity index (χ3n) is 4.03. The van der Waals surface area contributed by atoms with Crippen molar-refractivity contribution in [1.82, 2.24) is 0 Å². The number of carbonyl (C=O) groups is 2. The molecule has 0 radical (unpaired) electrons. The van der Waals surface area contributed by atoms with E-state index in [0.29, 0.717) is 33.8 Å². The number of ether oxygens (including phenoxy) is 1. The zero-order chi connectivity index (χ0) is 19.9. The van der Waals surface area contributed by atoms with E-state index in [4.69, 9.17) is 10.00 Å². The van der Waals surface area contributed by atoms with Crippen molar-refractivity contribution < 1.29 is 14.3 Å². The Kier molecular flexibility index (Phi) is 5.68. The molecule has 0 atom stereocenters. The molecule has 3 aromatic carbocycles. The van der Waals surface area contributed by atoms with Crippen LogP contribution >= 0.6 is 0 Å². The number of hydrogen-bond donors (Lipinski definition) is 2. The molecule has 3 aromatic rings. The van der Waals surface area contributed by atoms with Crippen LogP contribution in [0.2, 0.25) is 0 Å². The van der Waals surface area contributed by atoms with Gasteiger partial charge in [-0.25, -0.2) is 0 Å². The molecule has 0 spiro atoms. The molecule has 0 aromatic heterocycles. The number of rotatable bonds is 5. The Morgan fingerprint density at radius 1 is 0.857 bits per heavy atom. The van der Waals surface area contributed by atoms with Crippen LogP contribution in [0.4, 0.5) is 11.4 Å². The Bertz CT molecular complexity index is 1070. The monoisotopic (exact) mass is 371 g/mol. The highest BCUT2D eigenvalue weighted by Gasteiger charge is 2.15. The molecule has 28 heavy (non-hydrogen) atoms. The third kappa shape index (κ3) is 4.17. The van der Waals surface area contributed by atoms with E-state index in [1.165, 1.54) is 13.2 Å². The van der Waals surface area contributed by atoms with E-state index in [0.717, 1.165) is 0 Å². The van der Waals surface area contributed by atoms with E-state index in [1.807, 2.05) is 6.07 Å². The van der Waals surface area contributed by atoms with Gasteiger partial charge in [0.05, 0.1) is 35.7 Å². The third-order valence-corrected chi connectivity index (χ3v) is 4.03. The summed E-state index contributed by atoms with van der Waals surface area (Å²) >= 11 is 0. The fourth-order valence-corrected chi connectivity index (χ4v) is 2.65. The van der Waals surface area contributed by atoms with Crippen LogP contribution in [0, 0.1) is 11.3 Å². The number of nitriles is 1. The molecule has 0 aliphatic carbocycles. The van der Waals surface area contributed by atoms with Crippen LogP contribution in [0.1, 0.15) is 26.3 Å². The second kappa shape index (κ2) is 8.52. The molecule has 2 N–H and O–H groups in total. The maximum Gasteiger partial charge on any atom is 0.257 e. The molecule has 0 aliphatic heterocycles. The number of amides is 2. The lowest BCUT2D eigenvalue weighted by Crippen LogP contribution is -2.18. The maximum atomic E-state index is 12.8. The Balaban J connectivity index is 1.83. The highest BCUT2D eigenvalue weighted by atomic mass is 16.5. The summed E-state index contributed by atoms with van der Waals surface area (Å²) in [4.78, 5) is 25.3. The number of carbonyl (C=O) groups excluding carboxylic acids is 2. The van der Waals surface area contributed by atoms with Crippen molar-refractivity contribution >= 4 is 23.2 Å². The number of nitrogens with one attached hydrogen (secondary N) is 2. The first-order valence-corrected chi connectivity index (χ1v) is 8.47. The van der Waals surface area contributed by atoms with E-state index in [-0.39, 0.29) is 5.91 Å². The molecule has 6 nitrogen and oxygen atoms in total. The first-order valence-electron chi connectivity index (χ1n) is 8.47. The zero-order valence-corrected chi connectivity index (χ0v) is 15.1. The molecule has 0 saturated carbocycles. The van der Waals surface area contributed by atoms with Crippen molar-refractivity contribution in [3.8, 4) is 11.8 Å². The minimum atomic E-state index is -0.408. The van der Waals surface area contributed by atoms with Gasteiger partial charge < -0.3 is 15.4 Å². The second-order valence-electron chi connectivity index (χ2n) is 5.85. The largest absolute Gasteiger partial charge is 0.495 e. The summed E-state index contributed by atoms with van der Waals surface area (Å²) in [5, 5.41) is 14.5. The Labute approximate surface area is 162 Å². The van der Waals surface area contributed by atoms with Crippen molar-refractivity contribution in [3.05, 3.63) is 89.5 Å². The SMILES string of the molecule is COc1ccccc1NC(=O)c1ccccc1NC(=O)c1cccc(C#N)c1. The van der Waals surface area contributed by atoms with Crippen molar-refractivity contribution in [2.75, 3.05) is 17.7 Å². The number of para-hydroxylation sites is 3. The molecular formula is C22H17N3O3. The second-order valence-corrected chi connectivity index (χ2v) is 5.85. The Morgan fingerprint density at radius 2 is 1.54 bits per heavy atom. The van der Waals surface area contributed by atoms with Crippen LogP contribution in [0.5, 0.6) is 5.75 Å². The Hall–Kier alpha value is -4.11. The van der Waals surface area contributed by atoms with Crippen LogP contribution in [0.15, 0.2) is 72.8 Å². The first kappa shape index (κ1) is 18.7. The van der Waals surface area contributed by atoms with Crippen LogP contribution in [0.25, 0.3) is 0 Å². The quantitative estimate of drug-likeness (QED) is 0.707. The molecule has 138 valence electrons. The summed E-state index contributed by atoms with van der Waals surface area (Å²) < 4.78 is 5.25. The van der Waals surface area contributed by atoms with Crippen LogP contribution in [0.3, 0.4) is 0 Å². The molecule has 0 fully saturated rings. The highest BCUT2D eigenvalue weighted by Crippen LogP contribution is 2.25. The summed E-state index contributed by atoms with van der Waals surface area (Å²) in [6.45, 7) is 0. The summed E-state index contributed by atoms with van der Waals surface area (Å²) in [6.07, 6.45) is 0. The molecule has 0 aliphatic rings. The molecule has 3 rings (SSSR count). The van der Waals surface area contributed by atoms with E-state index in [9.17, 15) is 9.59 Å². The van der Waals surface area contributed by atoms with Crippen LogP contribution in [-0.4, -0.2) is 18.9 Å². The minimum absolute atomic E-state index is 0.304. The van der Waals surface area contributed by atoms with E-state index < -0.39 is 5.91 Å². The van der Waals surface area contributed by atoms with Gasteiger partial charge in [-0.15, -0.1) is 0 Å². The van der Waals surface area contributed by atoms with E-state index in [1.54, 1.807) is 66.7 Å². The molecule has 0 bridgehead atoms. The van der Waals surface area contributed by atoms with Gasteiger partial charge in [0.15, 0.2) is 0 Å². The first-order chi connectivity index (χ1) is 13.6. The summed E-state index contributed by atoms with van der Waals surface area (Å²) in [6, 6.07) is 22.1. The van der Waals surface area contributed by atoms with E-state index in [2.05, 4.69) is 10.6 Å². The molecule has 0 heterocycles. The average molecular weight is 371 g/mol. The van der Waals surface area contributed by atoms with Gasteiger partial charge in [0.2, 0.25) is 0 Å². The Morgan fingerprint density at radius 3 is 2.29 bits per heavy atom. The van der Waals surface area contributed by atoms with Crippen molar-refractivity contribution in [2.24, 2.45) is 0 Å². The number of benzene rings is 3. The maximum absolute atomic E-state index is 12.8. The van der Waals surface area contributed by atoms with Gasteiger partial charge in [-0.3, -0.25) is 9.59 Å². The molecule has 2 amide bonds. The summed E-state index contributed by atoms with van der Waals surface area (Å²) in [5.41, 5.74) is 1.91. The molecule has 6 heteroatoms. The molecule has 0 unspecified atom stereocenters. The van der Waals surface area contributed by atoms with Gasteiger partial charge >= 0.3 is 0 Å². The van der Waals surface area contributed by atoms with Crippen molar-refractivity contribution in [3.63, 3.8) is 0 Å². The predicted molar refractivity (Wildman–Crippen MR) is 106 cm³/mol. The van der Waals surface area contributed by atoms with Gasteiger partial charge in [-0.05, 0) is 42.5 Å². The number of anilines is 2. The van der Waals surface area contributed by atoms with E-state index >= 15 is 0 Å². The van der Waals surface area contributed by atoms with Gasteiger partial charge in [0.1, 0.15) is 5.75 Å². The normalized spacial score (nSPS) is 9.86. The van der Waals surface area contributed by atoms with Gasteiger partial charge in [0, 0.05) is 5.56 Å². The van der Waals surface area contributed by atoms with Gasteiger partial charge in [0.25, 0.3) is 11.8 Å². The van der Waals surface area contributed by atoms with Crippen molar-refractivity contribution in [1.29, 1.82) is 5.26 Å². The summed E-state index contributed by atoms with van der Waals surface area (Å²) in [5.74, 6) is -0.258. The smallest absolute Gasteiger partial charge is 0.257 e. The topological polar surface area (TPSA) is 91.2 Å². The van der Waals surface area contributed by atoms with Crippen LogP contribution < -0.4 is 15.4 Å². The van der Waals surface area contributed by atoms with Gasteiger partial charge in [-0.1, -0.05) is 30.3 Å². The average Bonchev–Trinajstić information content (AvgIpc) is 2.74. The molecular weight excluding hydrogens is 354 g/mol. The lowest BCUT2D eigenvalue weighted by Gasteiger charge is -2.13. The summed E-state index contributed by atoms with van der Waals surface area (Å²) in [7, 11) is 1.52. The van der Waals surface area contributed by atoms with Crippen LogP contribution in [-0.2, 0) is 0 Å². The lowest BCUT2D eigenvalue weighted by atomic mass is 10.1. The highest BCUT2D eigenvalue weighted by molar-refractivity contribution is 6.12.